The van der Waals surface area contributed by atoms with Gasteiger partial charge < -0.3 is 30.5 Å². The zero-order chi connectivity index (χ0) is 24.6. The maximum Gasteiger partial charge on any atom is 0.408 e. The third-order valence-corrected chi connectivity index (χ3v) is 6.84. The van der Waals surface area contributed by atoms with Crippen LogP contribution >= 0.6 is 0 Å². The molecule has 1 aliphatic heterocycles. The Morgan fingerprint density at radius 2 is 1.85 bits per heavy atom. The number of alkyl carbamates (subject to hydrolysis) is 1. The molecule has 5 atom stereocenters. The van der Waals surface area contributed by atoms with Crippen LogP contribution in [-0.2, 0) is 19.1 Å². The van der Waals surface area contributed by atoms with Crippen molar-refractivity contribution in [3.8, 4) is 0 Å². The summed E-state index contributed by atoms with van der Waals surface area (Å²) in [5.41, 5.74) is -2.14. The highest BCUT2D eigenvalue weighted by molar-refractivity contribution is 5.96. The van der Waals surface area contributed by atoms with E-state index in [4.69, 9.17) is 4.74 Å². The van der Waals surface area contributed by atoms with Gasteiger partial charge in [-0.2, -0.15) is 0 Å². The Bertz CT molecular complexity index is 817. The van der Waals surface area contributed by atoms with Crippen LogP contribution in [0.15, 0.2) is 12.7 Å². The first kappa shape index (κ1) is 25.0. The number of aliphatic carboxylic acids is 1. The summed E-state index contributed by atoms with van der Waals surface area (Å²) in [4.78, 5) is 52.0. The number of amides is 3. The molecule has 33 heavy (non-hydrogen) atoms. The molecule has 0 bridgehead atoms. The molecular weight excluding hydrogens is 430 g/mol. The van der Waals surface area contributed by atoms with Crippen molar-refractivity contribution in [1.29, 1.82) is 0 Å². The lowest BCUT2D eigenvalue weighted by atomic mass is 9.85. The fourth-order valence-corrected chi connectivity index (χ4v) is 4.75. The van der Waals surface area contributed by atoms with Crippen molar-refractivity contribution in [3.05, 3.63) is 12.7 Å². The van der Waals surface area contributed by atoms with E-state index in [1.807, 2.05) is 0 Å². The number of ether oxygens (including phenoxy) is 1. The summed E-state index contributed by atoms with van der Waals surface area (Å²) >= 11 is 0. The van der Waals surface area contributed by atoms with E-state index < -0.39 is 58.9 Å². The van der Waals surface area contributed by atoms with Gasteiger partial charge in [0.1, 0.15) is 23.7 Å². The van der Waals surface area contributed by atoms with E-state index in [2.05, 4.69) is 17.2 Å². The standard InChI is InChI=1S/C23H35N3O7/c1-5-13-11-23(13,20(30)31)25-18(28)16-10-14(27)12-26(16)19(29)17(22(2,3)4)24-21(32)33-15-8-6-7-9-15/h5,13-17,27H,1,6-12H2,2-4H3,(H,24,32)(H,25,28)(H,30,31)/t13-,14+,16+,17-,23-/m1/s1. The lowest BCUT2D eigenvalue weighted by molar-refractivity contribution is -0.146. The van der Waals surface area contributed by atoms with E-state index >= 15 is 0 Å². The molecule has 3 fully saturated rings. The van der Waals surface area contributed by atoms with Crippen LogP contribution < -0.4 is 10.6 Å². The van der Waals surface area contributed by atoms with Crippen LogP contribution in [0.3, 0.4) is 0 Å². The van der Waals surface area contributed by atoms with Crippen LogP contribution in [0.25, 0.3) is 0 Å². The Hall–Kier alpha value is -2.62. The smallest absolute Gasteiger partial charge is 0.408 e. The average molecular weight is 466 g/mol. The van der Waals surface area contributed by atoms with Gasteiger partial charge in [-0.15, -0.1) is 6.58 Å². The second-order valence-electron chi connectivity index (χ2n) is 10.5. The Labute approximate surface area is 193 Å². The molecule has 0 radical (unpaired) electrons. The predicted octanol–water partition coefficient (Wildman–Crippen LogP) is 1.18. The van der Waals surface area contributed by atoms with Crippen LogP contribution in [0.4, 0.5) is 4.79 Å². The van der Waals surface area contributed by atoms with Crippen molar-refractivity contribution < 1.29 is 34.1 Å². The maximum atomic E-state index is 13.5. The molecule has 3 aliphatic rings. The number of β-amino-alcohol motifs (C(OH)–C–C–N with tert-alkyl or cyclic N) is 1. The number of rotatable bonds is 7. The quantitative estimate of drug-likeness (QED) is 0.413. The number of nitrogens with one attached hydrogen (secondary N) is 2. The highest BCUT2D eigenvalue weighted by Crippen LogP contribution is 2.45. The Morgan fingerprint density at radius 3 is 2.36 bits per heavy atom. The van der Waals surface area contributed by atoms with E-state index in [0.717, 1.165) is 25.7 Å². The van der Waals surface area contributed by atoms with Crippen molar-refractivity contribution in [2.45, 2.75) is 89.1 Å². The van der Waals surface area contributed by atoms with E-state index in [0.29, 0.717) is 0 Å². The van der Waals surface area contributed by atoms with Crippen molar-refractivity contribution in [2.75, 3.05) is 6.54 Å². The number of likely N-dealkylation sites (tertiary alicyclic amines) is 1. The second kappa shape index (κ2) is 9.32. The van der Waals surface area contributed by atoms with Gasteiger partial charge >= 0.3 is 12.1 Å². The SMILES string of the molecule is C=C[C@@H]1C[C@]1(NC(=O)[C@@H]1C[C@H](O)CN1C(=O)[C@@H](NC(=O)OC1CCCC1)C(C)(C)C)C(=O)O. The molecule has 1 heterocycles. The second-order valence-corrected chi connectivity index (χ2v) is 10.5. The summed E-state index contributed by atoms with van der Waals surface area (Å²) in [6.07, 6.45) is 3.46. The summed E-state index contributed by atoms with van der Waals surface area (Å²) in [5, 5.41) is 25.0. The molecule has 10 heteroatoms. The topological polar surface area (TPSA) is 145 Å². The monoisotopic (exact) mass is 465 g/mol. The van der Waals surface area contributed by atoms with Crippen molar-refractivity contribution >= 4 is 23.9 Å². The summed E-state index contributed by atoms with van der Waals surface area (Å²) in [5.74, 6) is -2.74. The lowest BCUT2D eigenvalue weighted by Crippen LogP contribution is -2.59. The highest BCUT2D eigenvalue weighted by Gasteiger charge is 2.61. The molecule has 0 aromatic rings. The van der Waals surface area contributed by atoms with Gasteiger partial charge in [-0.25, -0.2) is 9.59 Å². The number of carbonyl (C=O) groups is 4. The zero-order valence-electron chi connectivity index (χ0n) is 19.5. The predicted molar refractivity (Wildman–Crippen MR) is 118 cm³/mol. The van der Waals surface area contributed by atoms with Crippen LogP contribution in [0.5, 0.6) is 0 Å². The lowest BCUT2D eigenvalue weighted by Gasteiger charge is -2.35. The van der Waals surface area contributed by atoms with Crippen molar-refractivity contribution in [2.24, 2.45) is 11.3 Å². The average Bonchev–Trinajstić information content (AvgIpc) is 3.01. The molecule has 0 spiro atoms. The number of hydrogen-bond acceptors (Lipinski definition) is 6. The van der Waals surface area contributed by atoms with Crippen molar-refractivity contribution in [3.63, 3.8) is 0 Å². The molecule has 2 aliphatic carbocycles. The molecule has 3 amide bonds. The minimum atomic E-state index is -1.44. The van der Waals surface area contributed by atoms with Crippen molar-refractivity contribution in [1.82, 2.24) is 15.5 Å². The van der Waals surface area contributed by atoms with Gasteiger partial charge in [0.2, 0.25) is 11.8 Å². The van der Waals surface area contributed by atoms with Gasteiger partial charge in [0.15, 0.2) is 0 Å². The molecule has 0 aromatic carbocycles. The van der Waals surface area contributed by atoms with E-state index in [9.17, 15) is 29.4 Å². The van der Waals surface area contributed by atoms with Gasteiger partial charge in [-0.3, -0.25) is 9.59 Å². The minimum Gasteiger partial charge on any atom is -0.479 e. The van der Waals surface area contributed by atoms with Crippen LogP contribution in [-0.4, -0.2) is 75.4 Å². The van der Waals surface area contributed by atoms with Gasteiger partial charge in [-0.05, 0) is 37.5 Å². The van der Waals surface area contributed by atoms with Gasteiger partial charge in [0, 0.05) is 18.9 Å². The molecule has 0 aromatic heterocycles. The van der Waals surface area contributed by atoms with Gasteiger partial charge in [0.25, 0.3) is 0 Å². The Morgan fingerprint density at radius 1 is 1.21 bits per heavy atom. The molecule has 2 saturated carbocycles. The third-order valence-electron chi connectivity index (χ3n) is 6.84. The first-order chi connectivity index (χ1) is 15.4. The molecule has 10 nitrogen and oxygen atoms in total. The fourth-order valence-electron chi connectivity index (χ4n) is 4.75. The van der Waals surface area contributed by atoms with Crippen LogP contribution in [0.1, 0.15) is 59.3 Å². The largest absolute Gasteiger partial charge is 0.479 e. The normalized spacial score (nSPS) is 30.4. The highest BCUT2D eigenvalue weighted by atomic mass is 16.6. The molecular formula is C23H35N3O7. The number of hydrogen-bond donors (Lipinski definition) is 4. The third kappa shape index (κ3) is 5.31. The number of nitrogens with zero attached hydrogens (tertiary/aromatic N) is 1. The zero-order valence-corrected chi connectivity index (χ0v) is 19.5. The minimum absolute atomic E-state index is 0.0184. The number of carboxylic acids is 1. The fraction of sp³-hybridized carbons (Fsp3) is 0.739. The van der Waals surface area contributed by atoms with Crippen LogP contribution in [0, 0.1) is 11.3 Å². The van der Waals surface area contributed by atoms with Gasteiger partial charge in [0.05, 0.1) is 6.10 Å². The summed E-state index contributed by atoms with van der Waals surface area (Å²) in [6.45, 7) is 8.86. The Kier molecular flexibility index (Phi) is 7.07. The van der Waals surface area contributed by atoms with Gasteiger partial charge in [-0.1, -0.05) is 26.8 Å². The molecule has 184 valence electrons. The van der Waals surface area contributed by atoms with E-state index in [1.165, 1.54) is 11.0 Å². The number of carbonyl (C=O) groups excluding carboxylic acids is 3. The summed E-state index contributed by atoms with van der Waals surface area (Å²) < 4.78 is 5.45. The molecule has 1 saturated heterocycles. The summed E-state index contributed by atoms with van der Waals surface area (Å²) in [7, 11) is 0. The van der Waals surface area contributed by atoms with Crippen LogP contribution in [0.2, 0.25) is 0 Å². The summed E-state index contributed by atoms with van der Waals surface area (Å²) in [6, 6.07) is -2.05. The number of aliphatic hydroxyl groups is 1. The first-order valence-corrected chi connectivity index (χ1v) is 11.5. The molecule has 0 unspecified atom stereocenters. The molecule has 3 rings (SSSR count). The first-order valence-electron chi connectivity index (χ1n) is 11.5. The van der Waals surface area contributed by atoms with E-state index in [1.54, 1.807) is 20.8 Å². The number of carboxylic acid groups (broad SMARTS) is 1. The Balaban J connectivity index is 1.73. The molecule has 4 N–H and O–H groups in total. The number of aliphatic hydroxyl groups excluding tert-OH is 1. The maximum absolute atomic E-state index is 13.5. The van der Waals surface area contributed by atoms with E-state index in [-0.39, 0.29) is 25.5 Å².